The minimum absolute atomic E-state index is 0.125. The van der Waals surface area contributed by atoms with Crippen LogP contribution in [0.2, 0.25) is 5.02 Å². The molecule has 1 saturated heterocycles. The number of piperidine rings is 1. The van der Waals surface area contributed by atoms with Crippen molar-refractivity contribution >= 4 is 17.5 Å². The first-order valence-electron chi connectivity index (χ1n) is 6.83. The molecule has 4 heteroatoms. The molecule has 0 spiro atoms. The van der Waals surface area contributed by atoms with E-state index < -0.39 is 0 Å². The van der Waals surface area contributed by atoms with E-state index in [0.717, 1.165) is 30.0 Å². The van der Waals surface area contributed by atoms with Gasteiger partial charge in [0.05, 0.1) is 12.7 Å². The van der Waals surface area contributed by atoms with E-state index >= 15 is 0 Å². The third kappa shape index (κ3) is 3.95. The lowest BCUT2D eigenvalue weighted by Gasteiger charge is -2.32. The normalized spacial score (nSPS) is 19.5. The van der Waals surface area contributed by atoms with Crippen molar-refractivity contribution in [1.82, 2.24) is 4.90 Å². The van der Waals surface area contributed by atoms with Crippen LogP contribution in [0.5, 0.6) is 0 Å². The first-order chi connectivity index (χ1) is 9.20. The van der Waals surface area contributed by atoms with E-state index in [-0.39, 0.29) is 12.0 Å². The Morgan fingerprint density at radius 2 is 2.26 bits per heavy atom. The zero-order valence-electron chi connectivity index (χ0n) is 11.3. The largest absolute Gasteiger partial charge is 0.372 e. The molecule has 1 aliphatic rings. The minimum Gasteiger partial charge on any atom is -0.372 e. The van der Waals surface area contributed by atoms with Gasteiger partial charge in [0.15, 0.2) is 0 Å². The topological polar surface area (TPSA) is 29.5 Å². The van der Waals surface area contributed by atoms with E-state index in [0.29, 0.717) is 19.6 Å². The summed E-state index contributed by atoms with van der Waals surface area (Å²) in [6.45, 7) is 3.98. The Bertz CT molecular complexity index is 436. The van der Waals surface area contributed by atoms with Gasteiger partial charge in [0.25, 0.3) is 0 Å². The summed E-state index contributed by atoms with van der Waals surface area (Å²) in [4.78, 5) is 13.6. The van der Waals surface area contributed by atoms with Crippen LogP contribution >= 0.6 is 11.6 Å². The van der Waals surface area contributed by atoms with Crippen molar-refractivity contribution in [1.29, 1.82) is 0 Å². The molecule has 0 aliphatic carbocycles. The summed E-state index contributed by atoms with van der Waals surface area (Å²) in [5.74, 6) is 0.214. The van der Waals surface area contributed by atoms with Gasteiger partial charge >= 0.3 is 0 Å². The molecule has 0 bridgehead atoms. The maximum atomic E-state index is 11.7. The number of nitrogens with zero attached hydrogens (tertiary/aromatic N) is 1. The second-order valence-electron chi connectivity index (χ2n) is 4.86. The molecule has 0 saturated carbocycles. The monoisotopic (exact) mass is 281 g/mol. The number of ether oxygens (including phenoxy) is 1. The summed E-state index contributed by atoms with van der Waals surface area (Å²) < 4.78 is 5.90. The first kappa shape index (κ1) is 14.4. The van der Waals surface area contributed by atoms with Gasteiger partial charge in [0.1, 0.15) is 0 Å². The van der Waals surface area contributed by atoms with Gasteiger partial charge in [-0.05, 0) is 24.5 Å². The molecular weight excluding hydrogens is 262 g/mol. The number of benzene rings is 1. The molecule has 1 aromatic carbocycles. The van der Waals surface area contributed by atoms with Crippen LogP contribution in [-0.2, 0) is 16.1 Å². The molecular formula is C15H20ClNO2. The lowest BCUT2D eigenvalue weighted by Crippen LogP contribution is -2.42. The number of likely N-dealkylation sites (tertiary alicyclic amines) is 1. The number of carbonyl (C=O) groups is 1. The van der Waals surface area contributed by atoms with Crippen LogP contribution in [0.15, 0.2) is 24.3 Å². The van der Waals surface area contributed by atoms with Crippen LogP contribution in [0.1, 0.15) is 31.7 Å². The molecule has 0 unspecified atom stereocenters. The highest BCUT2D eigenvalue weighted by Crippen LogP contribution is 2.19. The Balaban J connectivity index is 1.86. The molecule has 1 fully saturated rings. The van der Waals surface area contributed by atoms with Crippen LogP contribution in [0.3, 0.4) is 0 Å². The molecule has 104 valence electrons. The molecule has 3 nitrogen and oxygen atoms in total. The average Bonchev–Trinajstić information content (AvgIpc) is 2.46. The van der Waals surface area contributed by atoms with Gasteiger partial charge in [-0.1, -0.05) is 36.7 Å². The third-order valence-corrected chi connectivity index (χ3v) is 3.83. The summed E-state index contributed by atoms with van der Waals surface area (Å²) >= 11 is 6.10. The third-order valence-electron chi connectivity index (χ3n) is 3.47. The second-order valence-corrected chi connectivity index (χ2v) is 5.27. The van der Waals surface area contributed by atoms with Crippen molar-refractivity contribution in [2.24, 2.45) is 0 Å². The summed E-state index contributed by atoms with van der Waals surface area (Å²) in [5, 5.41) is 0.736. The fourth-order valence-corrected chi connectivity index (χ4v) is 2.54. The van der Waals surface area contributed by atoms with Gasteiger partial charge < -0.3 is 9.64 Å². The van der Waals surface area contributed by atoms with Crippen molar-refractivity contribution in [2.75, 3.05) is 13.1 Å². The van der Waals surface area contributed by atoms with Crippen molar-refractivity contribution in [3.05, 3.63) is 34.9 Å². The van der Waals surface area contributed by atoms with Gasteiger partial charge in [-0.15, -0.1) is 0 Å². The van der Waals surface area contributed by atoms with E-state index in [1.54, 1.807) is 0 Å². The van der Waals surface area contributed by atoms with E-state index in [2.05, 4.69) is 0 Å². The maximum absolute atomic E-state index is 11.7. The average molecular weight is 282 g/mol. The van der Waals surface area contributed by atoms with Crippen LogP contribution in [0, 0.1) is 0 Å². The molecule has 1 atom stereocenters. The lowest BCUT2D eigenvalue weighted by atomic mass is 10.1. The second kappa shape index (κ2) is 6.92. The van der Waals surface area contributed by atoms with Crippen molar-refractivity contribution in [3.8, 4) is 0 Å². The van der Waals surface area contributed by atoms with Gasteiger partial charge in [-0.2, -0.15) is 0 Å². The lowest BCUT2D eigenvalue weighted by molar-refractivity contribution is -0.135. The Labute approximate surface area is 119 Å². The van der Waals surface area contributed by atoms with Crippen molar-refractivity contribution in [2.45, 2.75) is 38.9 Å². The number of amides is 1. The molecule has 0 aromatic heterocycles. The zero-order valence-corrected chi connectivity index (χ0v) is 12.0. The molecule has 2 rings (SSSR count). The highest BCUT2D eigenvalue weighted by Gasteiger charge is 2.23. The Morgan fingerprint density at radius 1 is 1.47 bits per heavy atom. The number of halogens is 1. The van der Waals surface area contributed by atoms with Gasteiger partial charge in [0.2, 0.25) is 5.91 Å². The van der Waals surface area contributed by atoms with E-state index in [1.165, 1.54) is 0 Å². The Hall–Kier alpha value is -1.06. The first-order valence-corrected chi connectivity index (χ1v) is 7.21. The zero-order chi connectivity index (χ0) is 13.7. The van der Waals surface area contributed by atoms with E-state index in [9.17, 15) is 4.79 Å². The smallest absolute Gasteiger partial charge is 0.222 e. The van der Waals surface area contributed by atoms with E-state index in [4.69, 9.17) is 16.3 Å². The predicted octanol–water partition coefficient (Wildman–Crippen LogP) is 3.26. The number of hydrogen-bond acceptors (Lipinski definition) is 2. The summed E-state index contributed by atoms with van der Waals surface area (Å²) in [6.07, 6.45) is 2.72. The van der Waals surface area contributed by atoms with E-state index in [1.807, 2.05) is 36.1 Å². The van der Waals surface area contributed by atoms with Crippen LogP contribution in [-0.4, -0.2) is 30.0 Å². The highest BCUT2D eigenvalue weighted by atomic mass is 35.5. The SMILES string of the molecule is CCC(=O)N1CCC[C@H](OCc2ccccc2Cl)C1. The summed E-state index contributed by atoms with van der Waals surface area (Å²) in [6, 6.07) is 7.71. The molecule has 1 amide bonds. The number of hydrogen-bond donors (Lipinski definition) is 0. The molecule has 1 aliphatic heterocycles. The highest BCUT2D eigenvalue weighted by molar-refractivity contribution is 6.31. The van der Waals surface area contributed by atoms with Gasteiger partial charge in [0, 0.05) is 24.5 Å². The Morgan fingerprint density at radius 3 is 3.00 bits per heavy atom. The number of rotatable bonds is 4. The summed E-state index contributed by atoms with van der Waals surface area (Å²) in [7, 11) is 0. The molecule has 1 heterocycles. The van der Waals surface area contributed by atoms with Crippen molar-refractivity contribution < 1.29 is 9.53 Å². The molecule has 1 aromatic rings. The number of carbonyl (C=O) groups excluding carboxylic acids is 1. The molecule has 0 radical (unpaired) electrons. The molecule has 19 heavy (non-hydrogen) atoms. The predicted molar refractivity (Wildman–Crippen MR) is 76.1 cm³/mol. The van der Waals surface area contributed by atoms with Crippen LogP contribution in [0.4, 0.5) is 0 Å². The maximum Gasteiger partial charge on any atom is 0.222 e. The molecule has 0 N–H and O–H groups in total. The van der Waals surface area contributed by atoms with Gasteiger partial charge in [-0.3, -0.25) is 4.79 Å². The quantitative estimate of drug-likeness (QED) is 0.848. The van der Waals surface area contributed by atoms with Crippen LogP contribution < -0.4 is 0 Å². The minimum atomic E-state index is 0.125. The summed E-state index contributed by atoms with van der Waals surface area (Å²) in [5.41, 5.74) is 1.00. The fraction of sp³-hybridized carbons (Fsp3) is 0.533. The fourth-order valence-electron chi connectivity index (χ4n) is 2.35. The van der Waals surface area contributed by atoms with Gasteiger partial charge in [-0.25, -0.2) is 0 Å². The van der Waals surface area contributed by atoms with Crippen molar-refractivity contribution in [3.63, 3.8) is 0 Å². The standard InChI is InChI=1S/C15H20ClNO2/c1-2-15(18)17-9-5-7-13(10-17)19-11-12-6-3-4-8-14(12)16/h3-4,6,8,13H,2,5,7,9-11H2,1H3/t13-/m0/s1. The Kier molecular flexibility index (Phi) is 5.23. The van der Waals surface area contributed by atoms with Crippen LogP contribution in [0.25, 0.3) is 0 Å².